The number of rotatable bonds is 4. The normalized spacial score (nSPS) is 11.4. The van der Waals surface area contributed by atoms with E-state index < -0.39 is 21.7 Å². The van der Waals surface area contributed by atoms with Crippen molar-refractivity contribution in [3.63, 3.8) is 0 Å². The van der Waals surface area contributed by atoms with Crippen LogP contribution in [0.15, 0.2) is 53.4 Å². The summed E-state index contributed by atoms with van der Waals surface area (Å²) >= 11 is 0. The number of aromatic amines is 1. The molecule has 3 rings (SSSR count). The number of primary amides is 1. The van der Waals surface area contributed by atoms with Gasteiger partial charge in [-0.2, -0.15) is 5.10 Å². The molecule has 0 saturated carbocycles. The van der Waals surface area contributed by atoms with Crippen molar-refractivity contribution in [2.45, 2.75) is 4.90 Å². The number of nitrogens with two attached hydrogens (primary N) is 2. The molecule has 128 valence electrons. The Morgan fingerprint density at radius 2 is 1.72 bits per heavy atom. The van der Waals surface area contributed by atoms with Crippen LogP contribution in [-0.2, 0) is 10.0 Å². The lowest BCUT2D eigenvalue weighted by atomic mass is 9.98. The maximum Gasteiger partial charge on any atom is 0.269 e. The molecule has 3 aromatic rings. The van der Waals surface area contributed by atoms with Crippen molar-refractivity contribution in [3.8, 4) is 22.4 Å². The van der Waals surface area contributed by atoms with Crippen LogP contribution in [0.1, 0.15) is 10.5 Å². The molecule has 5 N–H and O–H groups in total. The maximum atomic E-state index is 13.2. The SMILES string of the molecule is NC(=O)c1n[nH]c(-c2ccc(F)cc2)c1-c1ccccc1S(N)(=O)=O. The number of nitrogens with zero attached hydrogens (tertiary/aromatic N) is 1. The minimum atomic E-state index is -4.06. The van der Waals surface area contributed by atoms with E-state index in [0.29, 0.717) is 11.3 Å². The Bertz CT molecular complexity index is 1060. The van der Waals surface area contributed by atoms with Gasteiger partial charge in [0.2, 0.25) is 10.0 Å². The number of nitrogens with one attached hydrogen (secondary N) is 1. The number of hydrogen-bond acceptors (Lipinski definition) is 4. The van der Waals surface area contributed by atoms with Crippen LogP contribution in [0.5, 0.6) is 0 Å². The fraction of sp³-hybridized carbons (Fsp3) is 0. The van der Waals surface area contributed by atoms with Gasteiger partial charge in [0.25, 0.3) is 5.91 Å². The summed E-state index contributed by atoms with van der Waals surface area (Å²) < 4.78 is 37.0. The number of carbonyl (C=O) groups is 1. The summed E-state index contributed by atoms with van der Waals surface area (Å²) in [7, 11) is -4.06. The molecule has 0 aliphatic rings. The van der Waals surface area contributed by atoms with E-state index in [9.17, 15) is 17.6 Å². The van der Waals surface area contributed by atoms with Crippen LogP contribution >= 0.6 is 0 Å². The van der Waals surface area contributed by atoms with Gasteiger partial charge in [0, 0.05) is 16.7 Å². The zero-order valence-electron chi connectivity index (χ0n) is 12.7. The van der Waals surface area contributed by atoms with Crippen molar-refractivity contribution in [1.29, 1.82) is 0 Å². The van der Waals surface area contributed by atoms with Crippen molar-refractivity contribution >= 4 is 15.9 Å². The van der Waals surface area contributed by atoms with Gasteiger partial charge >= 0.3 is 0 Å². The van der Waals surface area contributed by atoms with E-state index in [2.05, 4.69) is 10.2 Å². The Morgan fingerprint density at radius 1 is 1.08 bits per heavy atom. The Hall–Kier alpha value is -3.04. The summed E-state index contributed by atoms with van der Waals surface area (Å²) in [5.41, 5.74) is 6.40. The van der Waals surface area contributed by atoms with Gasteiger partial charge in [-0.25, -0.2) is 17.9 Å². The summed E-state index contributed by atoms with van der Waals surface area (Å²) in [5, 5.41) is 11.8. The van der Waals surface area contributed by atoms with E-state index in [1.54, 1.807) is 6.07 Å². The molecule has 0 aliphatic carbocycles. The predicted molar refractivity (Wildman–Crippen MR) is 89.3 cm³/mol. The average Bonchev–Trinajstić information content (AvgIpc) is 3.00. The monoisotopic (exact) mass is 360 g/mol. The molecule has 1 aromatic heterocycles. The first-order valence-electron chi connectivity index (χ1n) is 7.05. The van der Waals surface area contributed by atoms with Crippen molar-refractivity contribution in [3.05, 3.63) is 60.0 Å². The standard InChI is InChI=1S/C16H13FN4O3S/c17-10-7-5-9(6-8-10)14-13(15(16(18)22)21-20-14)11-3-1-2-4-12(11)25(19,23)24/h1-8H,(H2,18,22)(H,20,21)(H2,19,23,24). The third kappa shape index (κ3) is 3.14. The van der Waals surface area contributed by atoms with Crippen LogP contribution in [0.3, 0.4) is 0 Å². The van der Waals surface area contributed by atoms with Crippen LogP contribution in [0, 0.1) is 5.82 Å². The number of benzene rings is 2. The van der Waals surface area contributed by atoms with Crippen molar-refractivity contribution < 1.29 is 17.6 Å². The highest BCUT2D eigenvalue weighted by Gasteiger charge is 2.25. The van der Waals surface area contributed by atoms with E-state index in [-0.39, 0.29) is 21.7 Å². The Kier molecular flexibility index (Phi) is 4.11. The second-order valence-electron chi connectivity index (χ2n) is 5.23. The Balaban J connectivity index is 2.35. The molecule has 0 spiro atoms. The number of amides is 1. The van der Waals surface area contributed by atoms with Crippen LogP contribution < -0.4 is 10.9 Å². The number of carbonyl (C=O) groups excluding carboxylic acids is 1. The van der Waals surface area contributed by atoms with E-state index >= 15 is 0 Å². The Morgan fingerprint density at radius 3 is 2.32 bits per heavy atom. The third-order valence-corrected chi connectivity index (χ3v) is 4.56. The van der Waals surface area contributed by atoms with Crippen LogP contribution in [0.2, 0.25) is 0 Å². The molecule has 0 fully saturated rings. The topological polar surface area (TPSA) is 132 Å². The first-order valence-corrected chi connectivity index (χ1v) is 8.60. The summed E-state index contributed by atoms with van der Waals surface area (Å²) in [6, 6.07) is 11.3. The van der Waals surface area contributed by atoms with Gasteiger partial charge in [-0.3, -0.25) is 9.89 Å². The number of aromatic nitrogens is 2. The first-order chi connectivity index (χ1) is 11.8. The zero-order chi connectivity index (χ0) is 18.2. The van der Waals surface area contributed by atoms with Gasteiger partial charge < -0.3 is 5.73 Å². The van der Waals surface area contributed by atoms with E-state index in [4.69, 9.17) is 10.9 Å². The zero-order valence-corrected chi connectivity index (χ0v) is 13.5. The molecule has 0 aliphatic heterocycles. The van der Waals surface area contributed by atoms with Gasteiger partial charge in [0.15, 0.2) is 5.69 Å². The third-order valence-electron chi connectivity index (χ3n) is 3.60. The van der Waals surface area contributed by atoms with E-state index in [1.807, 2.05) is 0 Å². The molecule has 1 heterocycles. The Labute approximate surface area is 142 Å². The molecule has 0 atom stereocenters. The fourth-order valence-electron chi connectivity index (χ4n) is 2.53. The van der Waals surface area contributed by atoms with E-state index in [0.717, 1.165) is 0 Å². The summed E-state index contributed by atoms with van der Waals surface area (Å²) in [4.78, 5) is 11.6. The van der Waals surface area contributed by atoms with Crippen LogP contribution in [0.25, 0.3) is 22.4 Å². The minimum absolute atomic E-state index is 0.143. The average molecular weight is 360 g/mol. The number of sulfonamides is 1. The largest absolute Gasteiger partial charge is 0.364 e. The molecule has 0 radical (unpaired) electrons. The second-order valence-corrected chi connectivity index (χ2v) is 6.76. The molecule has 0 bridgehead atoms. The van der Waals surface area contributed by atoms with Gasteiger partial charge in [-0.15, -0.1) is 0 Å². The summed E-state index contributed by atoms with van der Waals surface area (Å²) in [6.45, 7) is 0. The lowest BCUT2D eigenvalue weighted by Crippen LogP contribution is -2.16. The maximum absolute atomic E-state index is 13.2. The number of primary sulfonamides is 1. The smallest absolute Gasteiger partial charge is 0.269 e. The lowest BCUT2D eigenvalue weighted by Gasteiger charge is -2.10. The molecule has 1 amide bonds. The van der Waals surface area contributed by atoms with Crippen LogP contribution in [-0.4, -0.2) is 24.5 Å². The molecule has 9 heteroatoms. The summed E-state index contributed by atoms with van der Waals surface area (Å²) in [6.07, 6.45) is 0. The second kappa shape index (κ2) is 6.11. The van der Waals surface area contributed by atoms with Crippen molar-refractivity contribution in [2.75, 3.05) is 0 Å². The highest BCUT2D eigenvalue weighted by molar-refractivity contribution is 7.89. The molecule has 7 nitrogen and oxygen atoms in total. The highest BCUT2D eigenvalue weighted by atomic mass is 32.2. The predicted octanol–water partition coefficient (Wildman–Crippen LogP) is 1.63. The quantitative estimate of drug-likeness (QED) is 0.652. The lowest BCUT2D eigenvalue weighted by molar-refractivity contribution is 0.0996. The van der Waals surface area contributed by atoms with Gasteiger partial charge in [-0.05, 0) is 30.3 Å². The van der Waals surface area contributed by atoms with Gasteiger partial charge in [0.05, 0.1) is 10.6 Å². The molecular weight excluding hydrogens is 347 g/mol. The van der Waals surface area contributed by atoms with Crippen molar-refractivity contribution in [2.24, 2.45) is 10.9 Å². The number of H-pyrrole nitrogens is 1. The van der Waals surface area contributed by atoms with Crippen LogP contribution in [0.4, 0.5) is 4.39 Å². The molecular formula is C16H13FN4O3S. The highest BCUT2D eigenvalue weighted by Crippen LogP contribution is 2.36. The number of halogens is 1. The van der Waals surface area contributed by atoms with Crippen molar-refractivity contribution in [1.82, 2.24) is 10.2 Å². The first kappa shape index (κ1) is 16.8. The number of hydrogen-bond donors (Lipinski definition) is 3. The molecule has 0 saturated heterocycles. The van der Waals surface area contributed by atoms with Gasteiger partial charge in [0.1, 0.15) is 5.82 Å². The molecule has 25 heavy (non-hydrogen) atoms. The van der Waals surface area contributed by atoms with E-state index in [1.165, 1.54) is 42.5 Å². The summed E-state index contributed by atoms with van der Waals surface area (Å²) in [5.74, 6) is -1.28. The molecule has 2 aromatic carbocycles. The minimum Gasteiger partial charge on any atom is -0.364 e. The van der Waals surface area contributed by atoms with Gasteiger partial charge in [-0.1, -0.05) is 18.2 Å². The molecule has 0 unspecified atom stereocenters. The fourth-order valence-corrected chi connectivity index (χ4v) is 3.27.